The number of hydrogen-bond donors (Lipinski definition) is 1. The Morgan fingerprint density at radius 2 is 1.61 bits per heavy atom. The van der Waals surface area contributed by atoms with Gasteiger partial charge in [0.1, 0.15) is 17.2 Å². The van der Waals surface area contributed by atoms with Crippen molar-refractivity contribution in [3.05, 3.63) is 72.8 Å². The van der Waals surface area contributed by atoms with Gasteiger partial charge < -0.3 is 24.1 Å². The lowest BCUT2D eigenvalue weighted by molar-refractivity contribution is -0.118. The zero-order chi connectivity index (χ0) is 23.0. The summed E-state index contributed by atoms with van der Waals surface area (Å²) in [6, 6.07) is 21.7. The molecule has 0 bridgehead atoms. The van der Waals surface area contributed by atoms with E-state index in [0.717, 1.165) is 16.9 Å². The Hall–Kier alpha value is -4.33. The van der Waals surface area contributed by atoms with Crippen LogP contribution in [0.4, 0.5) is 5.69 Å². The minimum atomic E-state index is -0.285. The van der Waals surface area contributed by atoms with Gasteiger partial charge in [-0.15, -0.1) is 0 Å². The third-order valence-electron chi connectivity index (χ3n) is 4.71. The molecule has 0 aliphatic rings. The molecule has 4 aromatic rings. The van der Waals surface area contributed by atoms with Crippen molar-refractivity contribution in [1.82, 2.24) is 10.1 Å². The first-order chi connectivity index (χ1) is 16.2. The number of methoxy groups -OCH3 is 1. The van der Waals surface area contributed by atoms with Gasteiger partial charge in [0.25, 0.3) is 11.8 Å². The first kappa shape index (κ1) is 21.9. The largest absolute Gasteiger partial charge is 0.497 e. The summed E-state index contributed by atoms with van der Waals surface area (Å²) in [4.78, 5) is 16.7. The second-order valence-electron chi connectivity index (χ2n) is 6.94. The molecule has 33 heavy (non-hydrogen) atoms. The van der Waals surface area contributed by atoms with E-state index >= 15 is 0 Å². The van der Waals surface area contributed by atoms with Crippen molar-refractivity contribution in [3.8, 4) is 40.1 Å². The van der Waals surface area contributed by atoms with E-state index in [0.29, 0.717) is 35.5 Å². The Bertz CT molecular complexity index is 1200. The van der Waals surface area contributed by atoms with E-state index in [1.165, 1.54) is 0 Å². The van der Waals surface area contributed by atoms with Gasteiger partial charge in [-0.2, -0.15) is 4.98 Å². The normalized spacial score (nSPS) is 10.5. The molecule has 8 nitrogen and oxygen atoms in total. The monoisotopic (exact) mass is 445 g/mol. The van der Waals surface area contributed by atoms with E-state index in [2.05, 4.69) is 15.5 Å². The van der Waals surface area contributed by atoms with E-state index in [9.17, 15) is 4.79 Å². The molecule has 1 aromatic heterocycles. The average molecular weight is 445 g/mol. The molecule has 0 saturated carbocycles. The van der Waals surface area contributed by atoms with Crippen LogP contribution in [0.2, 0.25) is 0 Å². The summed E-state index contributed by atoms with van der Waals surface area (Å²) in [5, 5.41) is 6.84. The van der Waals surface area contributed by atoms with Gasteiger partial charge in [-0.1, -0.05) is 17.3 Å². The Balaban J connectivity index is 1.35. The van der Waals surface area contributed by atoms with Crippen LogP contribution < -0.4 is 19.5 Å². The van der Waals surface area contributed by atoms with Crippen molar-refractivity contribution >= 4 is 11.6 Å². The van der Waals surface area contributed by atoms with Gasteiger partial charge in [0.2, 0.25) is 5.82 Å². The maximum Gasteiger partial charge on any atom is 0.262 e. The fraction of sp³-hybridized carbons (Fsp3) is 0.160. The molecular weight excluding hydrogens is 422 g/mol. The first-order valence-corrected chi connectivity index (χ1v) is 10.4. The Morgan fingerprint density at radius 3 is 2.33 bits per heavy atom. The summed E-state index contributed by atoms with van der Waals surface area (Å²) in [5.74, 6) is 2.50. The number of para-hydroxylation sites is 2. The van der Waals surface area contributed by atoms with Crippen molar-refractivity contribution < 1.29 is 23.5 Å². The van der Waals surface area contributed by atoms with E-state index in [-0.39, 0.29) is 12.5 Å². The van der Waals surface area contributed by atoms with Gasteiger partial charge in [-0.25, -0.2) is 0 Å². The summed E-state index contributed by atoms with van der Waals surface area (Å²) >= 11 is 0. The van der Waals surface area contributed by atoms with Crippen molar-refractivity contribution in [3.63, 3.8) is 0 Å². The zero-order valence-electron chi connectivity index (χ0n) is 18.3. The second-order valence-corrected chi connectivity index (χ2v) is 6.94. The lowest BCUT2D eigenvalue weighted by Gasteiger charge is -2.11. The number of ether oxygens (including phenoxy) is 3. The Labute approximate surface area is 191 Å². The Kier molecular flexibility index (Phi) is 6.84. The summed E-state index contributed by atoms with van der Waals surface area (Å²) in [5.41, 5.74) is 2.17. The minimum absolute atomic E-state index is 0.137. The average Bonchev–Trinajstić information content (AvgIpc) is 3.35. The van der Waals surface area contributed by atoms with Gasteiger partial charge in [-0.05, 0) is 67.6 Å². The van der Waals surface area contributed by atoms with Crippen LogP contribution in [0.3, 0.4) is 0 Å². The number of aromatic nitrogens is 2. The van der Waals surface area contributed by atoms with Crippen molar-refractivity contribution in [1.29, 1.82) is 0 Å². The predicted octanol–water partition coefficient (Wildman–Crippen LogP) is 4.83. The molecule has 0 atom stereocenters. The number of benzene rings is 3. The van der Waals surface area contributed by atoms with Crippen LogP contribution in [0.25, 0.3) is 22.8 Å². The van der Waals surface area contributed by atoms with Crippen molar-refractivity contribution in [2.45, 2.75) is 6.92 Å². The molecule has 0 aliphatic carbocycles. The van der Waals surface area contributed by atoms with E-state index in [1.54, 1.807) is 43.5 Å². The number of rotatable bonds is 9. The van der Waals surface area contributed by atoms with Crippen LogP contribution in [0.1, 0.15) is 6.92 Å². The molecule has 3 aromatic carbocycles. The van der Waals surface area contributed by atoms with Gasteiger partial charge in [0.15, 0.2) is 6.61 Å². The number of carbonyl (C=O) groups is 1. The molecule has 1 amide bonds. The molecule has 8 heteroatoms. The molecule has 0 fully saturated rings. The Morgan fingerprint density at radius 1 is 0.909 bits per heavy atom. The number of amides is 1. The third-order valence-corrected chi connectivity index (χ3v) is 4.71. The molecule has 168 valence electrons. The van der Waals surface area contributed by atoms with Gasteiger partial charge in [-0.3, -0.25) is 4.79 Å². The topological polar surface area (TPSA) is 95.7 Å². The highest BCUT2D eigenvalue weighted by Gasteiger charge is 2.12. The highest BCUT2D eigenvalue weighted by molar-refractivity contribution is 5.93. The standard InChI is InChI=1S/C25H23N3O5/c1-3-31-22-7-5-4-6-21(22)26-23(29)16-32-20-14-10-18(11-15-20)25-27-24(28-33-25)17-8-12-19(30-2)13-9-17/h4-15H,3,16H2,1-2H3,(H,26,29). The van der Waals surface area contributed by atoms with Crippen LogP contribution >= 0.6 is 0 Å². The van der Waals surface area contributed by atoms with Crippen molar-refractivity contribution in [2.24, 2.45) is 0 Å². The third kappa shape index (κ3) is 5.48. The molecule has 4 rings (SSSR count). The van der Waals surface area contributed by atoms with Gasteiger partial charge in [0, 0.05) is 11.1 Å². The number of carbonyl (C=O) groups excluding carboxylic acids is 1. The molecule has 0 radical (unpaired) electrons. The number of anilines is 1. The lowest BCUT2D eigenvalue weighted by Crippen LogP contribution is -2.20. The summed E-state index contributed by atoms with van der Waals surface area (Å²) in [6.07, 6.45) is 0. The maximum atomic E-state index is 12.3. The summed E-state index contributed by atoms with van der Waals surface area (Å²) < 4.78 is 21.7. The van der Waals surface area contributed by atoms with Crippen LogP contribution in [0.15, 0.2) is 77.3 Å². The van der Waals surface area contributed by atoms with E-state index < -0.39 is 0 Å². The zero-order valence-corrected chi connectivity index (χ0v) is 18.3. The second kappa shape index (κ2) is 10.3. The SMILES string of the molecule is CCOc1ccccc1NC(=O)COc1ccc(-c2nc(-c3ccc(OC)cc3)no2)cc1. The minimum Gasteiger partial charge on any atom is -0.497 e. The first-order valence-electron chi connectivity index (χ1n) is 10.4. The van der Waals surface area contributed by atoms with Gasteiger partial charge >= 0.3 is 0 Å². The predicted molar refractivity (Wildman–Crippen MR) is 123 cm³/mol. The summed E-state index contributed by atoms with van der Waals surface area (Å²) in [7, 11) is 1.61. The van der Waals surface area contributed by atoms with E-state index in [1.807, 2.05) is 43.3 Å². The lowest BCUT2D eigenvalue weighted by atomic mass is 10.2. The van der Waals surface area contributed by atoms with Gasteiger partial charge in [0.05, 0.1) is 19.4 Å². The fourth-order valence-electron chi connectivity index (χ4n) is 3.08. The maximum absolute atomic E-state index is 12.3. The van der Waals surface area contributed by atoms with Crippen LogP contribution in [0.5, 0.6) is 17.2 Å². The quantitative estimate of drug-likeness (QED) is 0.394. The number of hydrogen-bond acceptors (Lipinski definition) is 7. The number of nitrogens with zero attached hydrogens (tertiary/aromatic N) is 2. The smallest absolute Gasteiger partial charge is 0.262 e. The molecule has 0 unspecified atom stereocenters. The molecule has 1 N–H and O–H groups in total. The molecule has 0 aliphatic heterocycles. The van der Waals surface area contributed by atoms with Crippen LogP contribution in [-0.4, -0.2) is 36.4 Å². The fourth-order valence-corrected chi connectivity index (χ4v) is 3.08. The highest BCUT2D eigenvalue weighted by Crippen LogP contribution is 2.26. The molecular formula is C25H23N3O5. The van der Waals surface area contributed by atoms with Crippen LogP contribution in [-0.2, 0) is 4.79 Å². The van der Waals surface area contributed by atoms with Crippen molar-refractivity contribution in [2.75, 3.05) is 25.6 Å². The molecule has 0 saturated heterocycles. The molecule has 0 spiro atoms. The molecule has 1 heterocycles. The highest BCUT2D eigenvalue weighted by atomic mass is 16.5. The number of nitrogens with one attached hydrogen (secondary N) is 1. The van der Waals surface area contributed by atoms with Crippen LogP contribution in [0, 0.1) is 0 Å². The van der Waals surface area contributed by atoms with E-state index in [4.69, 9.17) is 18.7 Å². The summed E-state index contributed by atoms with van der Waals surface area (Å²) in [6.45, 7) is 2.26.